The number of hydrogen-bond acceptors (Lipinski definition) is 6. The van der Waals surface area contributed by atoms with E-state index in [1.165, 1.54) is 24.0 Å². The van der Waals surface area contributed by atoms with Gasteiger partial charge in [0.15, 0.2) is 22.7 Å². The summed E-state index contributed by atoms with van der Waals surface area (Å²) in [6.45, 7) is 3.48. The molecule has 0 bridgehead atoms. The summed E-state index contributed by atoms with van der Waals surface area (Å²) in [5.41, 5.74) is 0.875. The first-order chi connectivity index (χ1) is 15.2. The molecular formula is C22H19BrN2O6S. The molecule has 2 aromatic carbocycles. The van der Waals surface area contributed by atoms with Crippen molar-refractivity contribution >= 4 is 62.8 Å². The zero-order chi connectivity index (χ0) is 23.4. The van der Waals surface area contributed by atoms with E-state index in [9.17, 15) is 14.4 Å². The largest absolute Gasteiger partial charge is 0.490 e. The van der Waals surface area contributed by atoms with Crippen LogP contribution in [0.3, 0.4) is 0 Å². The number of carbonyl (C=O) groups is 3. The Hall–Kier alpha value is -3.24. The average Bonchev–Trinajstić information content (AvgIpc) is 2.73. The number of hydrogen-bond donors (Lipinski definition) is 2. The molecule has 1 aliphatic rings. The minimum atomic E-state index is -1.12. The predicted molar refractivity (Wildman–Crippen MR) is 126 cm³/mol. The fourth-order valence-electron chi connectivity index (χ4n) is 2.89. The number of rotatable bonds is 7. The number of carbonyl (C=O) groups excluding carboxylic acids is 2. The standard InChI is InChI=1S/C22H19BrN2O6S/c1-3-30-18-10-13(7-8-17(18)31-12(2)21(28)29)9-16-19(26)24-22(32)25(20(16)27)15-6-4-5-14(23)11-15/h4-12H,3H2,1-2H3,(H,28,29)(H,24,26,32)/b16-9+. The van der Waals surface area contributed by atoms with Crippen LogP contribution >= 0.6 is 28.1 Å². The van der Waals surface area contributed by atoms with Crippen molar-refractivity contribution in [2.24, 2.45) is 0 Å². The van der Waals surface area contributed by atoms with Gasteiger partial charge in [-0.25, -0.2) is 4.79 Å². The molecule has 1 aliphatic heterocycles. The maximum atomic E-state index is 13.1. The van der Waals surface area contributed by atoms with Gasteiger partial charge >= 0.3 is 5.97 Å². The van der Waals surface area contributed by atoms with Gasteiger partial charge in [0.2, 0.25) is 0 Å². The molecular weight excluding hydrogens is 500 g/mol. The van der Waals surface area contributed by atoms with Crippen LogP contribution in [0.4, 0.5) is 5.69 Å². The van der Waals surface area contributed by atoms with Crippen LogP contribution in [0.5, 0.6) is 11.5 Å². The molecule has 0 aliphatic carbocycles. The Balaban J connectivity index is 1.97. The summed E-state index contributed by atoms with van der Waals surface area (Å²) >= 11 is 8.56. The number of carboxylic acids is 1. The summed E-state index contributed by atoms with van der Waals surface area (Å²) in [7, 11) is 0. The van der Waals surface area contributed by atoms with Crippen molar-refractivity contribution in [1.29, 1.82) is 0 Å². The van der Waals surface area contributed by atoms with Crippen LogP contribution < -0.4 is 19.7 Å². The quantitative estimate of drug-likeness (QED) is 0.328. The van der Waals surface area contributed by atoms with Crippen LogP contribution in [0.1, 0.15) is 19.4 Å². The van der Waals surface area contributed by atoms with E-state index >= 15 is 0 Å². The molecule has 10 heteroatoms. The number of halogens is 1. The first-order valence-electron chi connectivity index (χ1n) is 9.54. The number of nitrogens with zero attached hydrogens (tertiary/aromatic N) is 1. The second-order valence-corrected chi connectivity index (χ2v) is 7.98. The molecule has 0 radical (unpaired) electrons. The van der Waals surface area contributed by atoms with Crippen molar-refractivity contribution in [3.05, 3.63) is 58.1 Å². The molecule has 1 heterocycles. The third kappa shape index (κ3) is 5.14. The highest BCUT2D eigenvalue weighted by Gasteiger charge is 2.34. The molecule has 2 N–H and O–H groups in total. The van der Waals surface area contributed by atoms with Gasteiger partial charge in [0.25, 0.3) is 11.8 Å². The third-order valence-electron chi connectivity index (χ3n) is 4.40. The molecule has 3 rings (SSSR count). The molecule has 1 saturated heterocycles. The third-order valence-corrected chi connectivity index (χ3v) is 5.18. The summed E-state index contributed by atoms with van der Waals surface area (Å²) in [6.07, 6.45) is 0.334. The highest BCUT2D eigenvalue weighted by atomic mass is 79.9. The molecule has 32 heavy (non-hydrogen) atoms. The number of carboxylic acid groups (broad SMARTS) is 1. The van der Waals surface area contributed by atoms with E-state index in [4.69, 9.17) is 26.8 Å². The molecule has 166 valence electrons. The zero-order valence-electron chi connectivity index (χ0n) is 17.1. The molecule has 0 aromatic heterocycles. The van der Waals surface area contributed by atoms with Crippen LogP contribution in [0.25, 0.3) is 6.08 Å². The number of thiocarbonyl (C=S) groups is 1. The average molecular weight is 519 g/mol. The second kappa shape index (κ2) is 9.92. The fourth-order valence-corrected chi connectivity index (χ4v) is 3.56. The Labute approximate surface area is 197 Å². The highest BCUT2D eigenvalue weighted by Crippen LogP contribution is 2.31. The Morgan fingerprint density at radius 1 is 1.25 bits per heavy atom. The minimum Gasteiger partial charge on any atom is -0.490 e. The van der Waals surface area contributed by atoms with Crippen LogP contribution in [0, 0.1) is 0 Å². The fraction of sp³-hybridized carbons (Fsp3) is 0.182. The lowest BCUT2D eigenvalue weighted by atomic mass is 10.1. The van der Waals surface area contributed by atoms with E-state index in [1.54, 1.807) is 43.3 Å². The number of ether oxygens (including phenoxy) is 2. The lowest BCUT2D eigenvalue weighted by Gasteiger charge is -2.29. The smallest absolute Gasteiger partial charge is 0.344 e. The van der Waals surface area contributed by atoms with Gasteiger partial charge < -0.3 is 14.6 Å². The molecule has 2 aromatic rings. The van der Waals surface area contributed by atoms with Crippen molar-refractivity contribution < 1.29 is 29.0 Å². The van der Waals surface area contributed by atoms with Crippen molar-refractivity contribution in [2.75, 3.05) is 11.5 Å². The monoisotopic (exact) mass is 518 g/mol. The van der Waals surface area contributed by atoms with Crippen molar-refractivity contribution in [3.8, 4) is 11.5 Å². The van der Waals surface area contributed by atoms with Crippen LogP contribution in [0.15, 0.2) is 52.5 Å². The molecule has 0 saturated carbocycles. The summed E-state index contributed by atoms with van der Waals surface area (Å²) in [5.74, 6) is -1.79. The van der Waals surface area contributed by atoms with Crippen molar-refractivity contribution in [1.82, 2.24) is 5.32 Å². The van der Waals surface area contributed by atoms with Gasteiger partial charge in [0.05, 0.1) is 12.3 Å². The Bertz CT molecular complexity index is 1130. The molecule has 1 fully saturated rings. The number of amides is 2. The van der Waals surface area contributed by atoms with E-state index in [0.29, 0.717) is 17.9 Å². The van der Waals surface area contributed by atoms with E-state index < -0.39 is 23.9 Å². The number of aliphatic carboxylic acids is 1. The number of nitrogens with one attached hydrogen (secondary N) is 1. The first-order valence-corrected chi connectivity index (χ1v) is 10.7. The highest BCUT2D eigenvalue weighted by molar-refractivity contribution is 9.10. The normalized spacial score (nSPS) is 16.0. The Morgan fingerprint density at radius 3 is 2.66 bits per heavy atom. The number of benzene rings is 2. The van der Waals surface area contributed by atoms with E-state index in [2.05, 4.69) is 21.2 Å². The van der Waals surface area contributed by atoms with Gasteiger partial charge in [-0.1, -0.05) is 28.1 Å². The Morgan fingerprint density at radius 2 is 2.00 bits per heavy atom. The van der Waals surface area contributed by atoms with Gasteiger partial charge in [-0.15, -0.1) is 0 Å². The molecule has 1 unspecified atom stereocenters. The van der Waals surface area contributed by atoms with Crippen molar-refractivity contribution in [3.63, 3.8) is 0 Å². The van der Waals surface area contributed by atoms with E-state index in [1.807, 2.05) is 0 Å². The van der Waals surface area contributed by atoms with Crippen LogP contribution in [0.2, 0.25) is 0 Å². The molecule has 1 atom stereocenters. The Kier molecular flexibility index (Phi) is 7.26. The first kappa shape index (κ1) is 23.4. The van der Waals surface area contributed by atoms with Gasteiger partial charge in [-0.3, -0.25) is 19.8 Å². The van der Waals surface area contributed by atoms with E-state index in [0.717, 1.165) is 4.47 Å². The second-order valence-electron chi connectivity index (χ2n) is 6.68. The van der Waals surface area contributed by atoms with Gasteiger partial charge in [0.1, 0.15) is 5.57 Å². The van der Waals surface area contributed by atoms with E-state index in [-0.39, 0.29) is 22.2 Å². The lowest BCUT2D eigenvalue weighted by molar-refractivity contribution is -0.144. The SMILES string of the molecule is CCOc1cc(/C=C2\C(=O)NC(=S)N(c3cccc(Br)c3)C2=O)ccc1OC(C)C(=O)O. The van der Waals surface area contributed by atoms with Crippen molar-refractivity contribution in [2.45, 2.75) is 20.0 Å². The van der Waals surface area contributed by atoms with Gasteiger partial charge in [0, 0.05) is 4.47 Å². The summed E-state index contributed by atoms with van der Waals surface area (Å²) in [4.78, 5) is 38.0. The molecule has 8 nitrogen and oxygen atoms in total. The summed E-state index contributed by atoms with van der Waals surface area (Å²) in [5, 5.41) is 11.6. The van der Waals surface area contributed by atoms with Crippen LogP contribution in [-0.2, 0) is 14.4 Å². The number of anilines is 1. The maximum absolute atomic E-state index is 13.1. The summed E-state index contributed by atoms with van der Waals surface area (Å²) in [6, 6.07) is 11.7. The minimum absolute atomic E-state index is 0.0170. The zero-order valence-corrected chi connectivity index (χ0v) is 19.5. The van der Waals surface area contributed by atoms with Crippen LogP contribution in [-0.4, -0.2) is 40.7 Å². The maximum Gasteiger partial charge on any atom is 0.344 e. The summed E-state index contributed by atoms with van der Waals surface area (Å²) < 4.78 is 11.7. The van der Waals surface area contributed by atoms with Gasteiger partial charge in [-0.2, -0.15) is 0 Å². The molecule has 2 amide bonds. The topological polar surface area (TPSA) is 105 Å². The van der Waals surface area contributed by atoms with Gasteiger partial charge in [-0.05, 0) is 68.0 Å². The lowest BCUT2D eigenvalue weighted by Crippen LogP contribution is -2.54. The molecule has 0 spiro atoms. The predicted octanol–water partition coefficient (Wildman–Crippen LogP) is 3.53.